The van der Waals surface area contributed by atoms with E-state index in [9.17, 15) is 4.79 Å². The molecule has 4 nitrogen and oxygen atoms in total. The van der Waals surface area contributed by atoms with E-state index in [1.807, 2.05) is 38.1 Å². The molecule has 0 bridgehead atoms. The van der Waals surface area contributed by atoms with Gasteiger partial charge in [0, 0.05) is 24.0 Å². The number of fused-ring (bicyclic) bond motifs is 1. The van der Waals surface area contributed by atoms with Gasteiger partial charge in [-0.2, -0.15) is 0 Å². The molecule has 1 aliphatic carbocycles. The van der Waals surface area contributed by atoms with Crippen LogP contribution in [0, 0.1) is 12.8 Å². The molecule has 118 valence electrons. The van der Waals surface area contributed by atoms with Crippen molar-refractivity contribution >= 4 is 44.2 Å². The first kappa shape index (κ1) is 15.7. The van der Waals surface area contributed by atoms with E-state index >= 15 is 0 Å². The lowest BCUT2D eigenvalue weighted by Gasteiger charge is -2.21. The number of thiazole rings is 1. The Morgan fingerprint density at radius 2 is 2.09 bits per heavy atom. The van der Waals surface area contributed by atoms with Crippen LogP contribution in [-0.4, -0.2) is 43.0 Å². The minimum atomic E-state index is 0.193. The average Bonchev–Trinajstić information content (AvgIpc) is 3.19. The molecule has 3 rings (SSSR count). The first-order valence-electron chi connectivity index (χ1n) is 7.48. The Hall–Kier alpha value is -1.17. The Balaban J connectivity index is 1.95. The third-order valence-corrected chi connectivity index (χ3v) is 5.08. The fourth-order valence-corrected chi connectivity index (χ4v) is 3.86. The summed E-state index contributed by atoms with van der Waals surface area (Å²) in [7, 11) is 4.03. The summed E-state index contributed by atoms with van der Waals surface area (Å²) in [4.78, 5) is 21.2. The lowest BCUT2D eigenvalue weighted by atomic mass is 10.2. The number of carbonyl (C=O) groups excluding carboxylic acids is 1. The highest BCUT2D eigenvalue weighted by Crippen LogP contribution is 2.37. The van der Waals surface area contributed by atoms with E-state index in [0.717, 1.165) is 40.3 Å². The van der Waals surface area contributed by atoms with Crippen LogP contribution >= 0.6 is 22.9 Å². The van der Waals surface area contributed by atoms with Crippen LogP contribution < -0.4 is 4.90 Å². The van der Waals surface area contributed by atoms with Crippen LogP contribution in [-0.2, 0) is 4.79 Å². The molecule has 0 aliphatic heterocycles. The summed E-state index contributed by atoms with van der Waals surface area (Å²) in [5, 5.41) is 1.51. The number of hydrogen-bond acceptors (Lipinski definition) is 4. The minimum Gasteiger partial charge on any atom is -0.308 e. The summed E-state index contributed by atoms with van der Waals surface area (Å²) in [6, 6.07) is 3.84. The quantitative estimate of drug-likeness (QED) is 0.837. The van der Waals surface area contributed by atoms with Crippen molar-refractivity contribution in [2.75, 3.05) is 32.1 Å². The molecule has 22 heavy (non-hydrogen) atoms. The van der Waals surface area contributed by atoms with Crippen LogP contribution in [0.4, 0.5) is 5.13 Å². The molecule has 1 amide bonds. The zero-order valence-corrected chi connectivity index (χ0v) is 14.7. The van der Waals surface area contributed by atoms with Crippen molar-refractivity contribution < 1.29 is 4.79 Å². The van der Waals surface area contributed by atoms with Crippen molar-refractivity contribution in [1.29, 1.82) is 0 Å². The van der Waals surface area contributed by atoms with Gasteiger partial charge in [-0.1, -0.05) is 22.9 Å². The van der Waals surface area contributed by atoms with Gasteiger partial charge in [0.1, 0.15) is 0 Å². The molecule has 1 aromatic carbocycles. The highest BCUT2D eigenvalue weighted by Gasteiger charge is 2.35. The number of anilines is 1. The molecule has 0 radical (unpaired) electrons. The Morgan fingerprint density at radius 3 is 2.73 bits per heavy atom. The zero-order chi connectivity index (χ0) is 15.9. The van der Waals surface area contributed by atoms with Crippen molar-refractivity contribution in [3.63, 3.8) is 0 Å². The van der Waals surface area contributed by atoms with E-state index < -0.39 is 0 Å². The van der Waals surface area contributed by atoms with Crippen molar-refractivity contribution in [2.24, 2.45) is 5.92 Å². The van der Waals surface area contributed by atoms with E-state index in [1.54, 1.807) is 11.3 Å². The maximum atomic E-state index is 12.6. The lowest BCUT2D eigenvalue weighted by Crippen LogP contribution is -2.37. The monoisotopic (exact) mass is 337 g/mol. The minimum absolute atomic E-state index is 0.193. The van der Waals surface area contributed by atoms with Crippen molar-refractivity contribution in [3.05, 3.63) is 22.7 Å². The van der Waals surface area contributed by atoms with Crippen LogP contribution in [0.15, 0.2) is 12.1 Å². The topological polar surface area (TPSA) is 36.4 Å². The standard InChI is InChI=1S/C16H20ClN3OS/c1-10-8-12(17)9-13-14(10)18-16(22-13)20(7-6-19(2)3)15(21)11-4-5-11/h8-9,11H,4-7H2,1-3H3. The van der Waals surface area contributed by atoms with Gasteiger partial charge in [0.25, 0.3) is 0 Å². The van der Waals surface area contributed by atoms with Crippen LogP contribution in [0.3, 0.4) is 0 Å². The molecule has 1 fully saturated rings. The summed E-state index contributed by atoms with van der Waals surface area (Å²) in [5.41, 5.74) is 2.00. The van der Waals surface area contributed by atoms with Gasteiger partial charge in [-0.15, -0.1) is 0 Å². The molecule has 6 heteroatoms. The largest absolute Gasteiger partial charge is 0.308 e. The lowest BCUT2D eigenvalue weighted by molar-refractivity contribution is -0.119. The number of nitrogens with zero attached hydrogens (tertiary/aromatic N) is 3. The fourth-order valence-electron chi connectivity index (χ4n) is 2.41. The predicted molar refractivity (Wildman–Crippen MR) is 93.0 cm³/mol. The molecule has 1 heterocycles. The van der Waals surface area contributed by atoms with E-state index in [1.165, 1.54) is 0 Å². The Bertz CT molecular complexity index is 709. The van der Waals surface area contributed by atoms with Crippen LogP contribution in [0.5, 0.6) is 0 Å². The maximum absolute atomic E-state index is 12.6. The van der Waals surface area contributed by atoms with Gasteiger partial charge >= 0.3 is 0 Å². The van der Waals surface area contributed by atoms with Crippen molar-refractivity contribution in [3.8, 4) is 0 Å². The zero-order valence-electron chi connectivity index (χ0n) is 13.1. The molecule has 0 atom stereocenters. The smallest absolute Gasteiger partial charge is 0.231 e. The summed E-state index contributed by atoms with van der Waals surface area (Å²) < 4.78 is 1.04. The predicted octanol–water partition coefficient (Wildman–Crippen LogP) is 3.56. The molecular formula is C16H20ClN3OS. The number of likely N-dealkylation sites (N-methyl/N-ethyl adjacent to an activating group) is 1. The number of aromatic nitrogens is 1. The van der Waals surface area contributed by atoms with Gasteiger partial charge in [0.2, 0.25) is 5.91 Å². The highest BCUT2D eigenvalue weighted by atomic mass is 35.5. The normalized spacial score (nSPS) is 14.8. The molecule has 0 saturated heterocycles. The summed E-state index contributed by atoms with van der Waals surface area (Å²) >= 11 is 7.68. The van der Waals surface area contributed by atoms with Gasteiger partial charge in [-0.25, -0.2) is 4.98 Å². The van der Waals surface area contributed by atoms with E-state index in [0.29, 0.717) is 11.6 Å². The molecule has 0 N–H and O–H groups in total. The summed E-state index contributed by atoms with van der Waals surface area (Å²) in [5.74, 6) is 0.406. The second-order valence-electron chi connectivity index (χ2n) is 6.13. The van der Waals surface area contributed by atoms with Crippen LogP contribution in [0.2, 0.25) is 5.02 Å². The fraction of sp³-hybridized carbons (Fsp3) is 0.500. The van der Waals surface area contributed by atoms with Gasteiger partial charge in [0.05, 0.1) is 10.2 Å². The van der Waals surface area contributed by atoms with Crippen molar-refractivity contribution in [1.82, 2.24) is 9.88 Å². The third kappa shape index (κ3) is 3.26. The van der Waals surface area contributed by atoms with E-state index in [-0.39, 0.29) is 11.8 Å². The molecular weight excluding hydrogens is 318 g/mol. The third-order valence-electron chi connectivity index (χ3n) is 3.83. The molecule has 1 aliphatic rings. The number of benzene rings is 1. The number of carbonyl (C=O) groups is 1. The summed E-state index contributed by atoms with van der Waals surface area (Å²) in [6.07, 6.45) is 2.01. The van der Waals surface area contributed by atoms with Gasteiger partial charge in [-0.3, -0.25) is 9.69 Å². The Labute approximate surface area is 139 Å². The molecule has 1 saturated carbocycles. The molecule has 0 spiro atoms. The van der Waals surface area contributed by atoms with Crippen molar-refractivity contribution in [2.45, 2.75) is 19.8 Å². The van der Waals surface area contributed by atoms with Crippen LogP contribution in [0.25, 0.3) is 10.2 Å². The van der Waals surface area contributed by atoms with E-state index in [2.05, 4.69) is 4.90 Å². The Kier molecular flexibility index (Phi) is 4.39. The van der Waals surface area contributed by atoms with Gasteiger partial charge < -0.3 is 4.90 Å². The second kappa shape index (κ2) is 6.14. The molecule has 1 aromatic heterocycles. The SMILES string of the molecule is Cc1cc(Cl)cc2sc(N(CCN(C)C)C(=O)C3CC3)nc12. The van der Waals surface area contributed by atoms with E-state index in [4.69, 9.17) is 16.6 Å². The maximum Gasteiger partial charge on any atom is 0.231 e. The summed E-state index contributed by atoms with van der Waals surface area (Å²) in [6.45, 7) is 3.51. The number of amides is 1. The first-order chi connectivity index (χ1) is 10.5. The Morgan fingerprint density at radius 1 is 1.36 bits per heavy atom. The molecule has 0 unspecified atom stereocenters. The average molecular weight is 338 g/mol. The molecule has 2 aromatic rings. The van der Waals surface area contributed by atoms with Crippen LogP contribution in [0.1, 0.15) is 18.4 Å². The number of aryl methyl sites for hydroxylation is 1. The number of rotatable bonds is 5. The number of halogens is 1. The first-order valence-corrected chi connectivity index (χ1v) is 8.68. The van der Waals surface area contributed by atoms with Gasteiger partial charge in [0.15, 0.2) is 5.13 Å². The van der Waals surface area contributed by atoms with Gasteiger partial charge in [-0.05, 0) is 51.6 Å². The second-order valence-corrected chi connectivity index (χ2v) is 7.58. The number of hydrogen-bond donors (Lipinski definition) is 0. The highest BCUT2D eigenvalue weighted by molar-refractivity contribution is 7.22.